The average Bonchev–Trinajstić information content (AvgIpc) is 2.92. The molecule has 9 heteroatoms. The molecule has 0 aliphatic carbocycles. The van der Waals surface area contributed by atoms with Gasteiger partial charge in [-0.2, -0.15) is 13.2 Å². The number of nitrogens with zero attached hydrogens (tertiary/aromatic N) is 5. The molecule has 3 heterocycles. The first-order chi connectivity index (χ1) is 10.8. The molecule has 0 N–H and O–H groups in total. The first-order valence-corrected chi connectivity index (χ1v) is 7.50. The molecule has 0 bridgehead atoms. The Labute approximate surface area is 142 Å². The molecule has 0 atom stereocenters. The van der Waals surface area contributed by atoms with Gasteiger partial charge in [0.2, 0.25) is 5.95 Å². The molecule has 0 saturated heterocycles. The van der Waals surface area contributed by atoms with E-state index in [-0.39, 0.29) is 0 Å². The molecule has 0 aliphatic heterocycles. The second-order valence-corrected chi connectivity index (χ2v) is 5.83. The van der Waals surface area contributed by atoms with Gasteiger partial charge in [0, 0.05) is 23.7 Å². The van der Waals surface area contributed by atoms with Crippen LogP contribution in [0.25, 0.3) is 17.2 Å². The van der Waals surface area contributed by atoms with Crippen molar-refractivity contribution in [3.63, 3.8) is 0 Å². The molecule has 3 aromatic heterocycles. The minimum absolute atomic E-state index is 0.398. The van der Waals surface area contributed by atoms with Gasteiger partial charge in [-0.3, -0.25) is 9.55 Å². The quantitative estimate of drug-likeness (QED) is 0.582. The van der Waals surface area contributed by atoms with E-state index < -0.39 is 11.9 Å². The largest absolute Gasteiger partial charge is 0.433 e. The lowest BCUT2D eigenvalue weighted by Crippen LogP contribution is -2.07. The normalized spacial score (nSPS) is 11.7. The molecule has 0 unspecified atom stereocenters. The summed E-state index contributed by atoms with van der Waals surface area (Å²) in [6.07, 6.45) is 0.0280. The predicted octanol–water partition coefficient (Wildman–Crippen LogP) is 3.66. The van der Waals surface area contributed by atoms with Crippen molar-refractivity contribution in [1.29, 1.82) is 0 Å². The van der Waals surface area contributed by atoms with E-state index in [1.165, 1.54) is 6.07 Å². The van der Waals surface area contributed by atoms with E-state index >= 15 is 0 Å². The number of rotatable bonds is 2. The third-order valence-electron chi connectivity index (χ3n) is 2.97. The van der Waals surface area contributed by atoms with Crippen molar-refractivity contribution in [2.75, 3.05) is 0 Å². The van der Waals surface area contributed by atoms with E-state index in [1.807, 2.05) is 0 Å². The lowest BCUT2D eigenvalue weighted by Gasteiger charge is -2.08. The lowest BCUT2D eigenvalue weighted by atomic mass is 10.1. The molecule has 3 rings (SSSR count). The number of imidazole rings is 1. The van der Waals surface area contributed by atoms with Gasteiger partial charge in [-0.05, 0) is 47.7 Å². The van der Waals surface area contributed by atoms with Crippen molar-refractivity contribution >= 4 is 22.6 Å². The van der Waals surface area contributed by atoms with E-state index in [9.17, 15) is 13.2 Å². The monoisotopic (exact) mass is 431 g/mol. The van der Waals surface area contributed by atoms with Crippen molar-refractivity contribution < 1.29 is 13.2 Å². The molecule has 0 spiro atoms. The Morgan fingerprint density at radius 2 is 1.91 bits per heavy atom. The summed E-state index contributed by atoms with van der Waals surface area (Å²) in [5.74, 6) is 0.398. The van der Waals surface area contributed by atoms with Crippen molar-refractivity contribution in [2.24, 2.45) is 0 Å². The maximum atomic E-state index is 12.6. The Hall–Kier alpha value is -2.04. The summed E-state index contributed by atoms with van der Waals surface area (Å²) in [5.41, 5.74) is 0.738. The third kappa shape index (κ3) is 3.49. The van der Waals surface area contributed by atoms with Crippen molar-refractivity contribution in [3.8, 4) is 17.2 Å². The fraction of sp³-hybridized carbons (Fsp3) is 0.143. The van der Waals surface area contributed by atoms with E-state index in [1.54, 1.807) is 30.1 Å². The van der Waals surface area contributed by atoms with Crippen LogP contribution < -0.4 is 0 Å². The Morgan fingerprint density at radius 3 is 2.48 bits per heavy atom. The minimum Gasteiger partial charge on any atom is -0.273 e. The fourth-order valence-electron chi connectivity index (χ4n) is 1.94. The van der Waals surface area contributed by atoms with Crippen molar-refractivity contribution in [2.45, 2.75) is 13.1 Å². The first kappa shape index (κ1) is 15.8. The Morgan fingerprint density at radius 1 is 1.13 bits per heavy atom. The summed E-state index contributed by atoms with van der Waals surface area (Å²) in [6, 6.07) is 3.97. The molecule has 0 saturated carbocycles. The van der Waals surface area contributed by atoms with Gasteiger partial charge >= 0.3 is 6.18 Å². The summed E-state index contributed by atoms with van der Waals surface area (Å²) in [5, 5.41) is 0. The van der Waals surface area contributed by atoms with Gasteiger partial charge in [-0.1, -0.05) is 0 Å². The number of aryl methyl sites for hydroxylation is 1. The molecule has 0 aliphatic rings. The van der Waals surface area contributed by atoms with Gasteiger partial charge in [0.1, 0.15) is 15.7 Å². The molecule has 3 aromatic rings. The SMILES string of the molecule is Cc1cc(-c2ccc(C(F)(F)F)nc2)nc(-n2cnc(I)c2)n1. The smallest absolute Gasteiger partial charge is 0.273 e. The van der Waals surface area contributed by atoms with Crippen LogP contribution in [0, 0.1) is 10.6 Å². The Bertz CT molecular complexity index is 842. The van der Waals surface area contributed by atoms with E-state index in [0.29, 0.717) is 22.9 Å². The highest BCUT2D eigenvalue weighted by Gasteiger charge is 2.32. The van der Waals surface area contributed by atoms with Gasteiger partial charge in [-0.25, -0.2) is 15.0 Å². The topological polar surface area (TPSA) is 56.5 Å². The molecule has 0 fully saturated rings. The van der Waals surface area contributed by atoms with Gasteiger partial charge in [0.05, 0.1) is 5.69 Å². The summed E-state index contributed by atoms with van der Waals surface area (Å²) in [4.78, 5) is 16.2. The van der Waals surface area contributed by atoms with Crippen LogP contribution in [0.1, 0.15) is 11.4 Å². The summed E-state index contributed by atoms with van der Waals surface area (Å²) < 4.78 is 40.2. The lowest BCUT2D eigenvalue weighted by molar-refractivity contribution is -0.141. The van der Waals surface area contributed by atoms with Crippen LogP contribution in [0.15, 0.2) is 36.9 Å². The van der Waals surface area contributed by atoms with Gasteiger partial charge in [-0.15, -0.1) is 0 Å². The van der Waals surface area contributed by atoms with Crippen molar-refractivity contribution in [1.82, 2.24) is 24.5 Å². The Kier molecular flexibility index (Phi) is 4.04. The molecule has 118 valence electrons. The third-order valence-corrected chi connectivity index (χ3v) is 3.53. The van der Waals surface area contributed by atoms with Crippen molar-refractivity contribution in [3.05, 3.63) is 52.0 Å². The number of pyridine rings is 1. The van der Waals surface area contributed by atoms with Crippen LogP contribution in [0.3, 0.4) is 0 Å². The first-order valence-electron chi connectivity index (χ1n) is 6.42. The summed E-state index contributed by atoms with van der Waals surface area (Å²) in [7, 11) is 0. The molecule has 5 nitrogen and oxygen atoms in total. The average molecular weight is 431 g/mol. The zero-order chi connectivity index (χ0) is 16.6. The number of hydrogen-bond acceptors (Lipinski definition) is 4. The summed E-state index contributed by atoms with van der Waals surface area (Å²) >= 11 is 2.06. The van der Waals surface area contributed by atoms with Crippen LogP contribution in [0.4, 0.5) is 13.2 Å². The van der Waals surface area contributed by atoms with E-state index in [2.05, 4.69) is 42.5 Å². The standard InChI is InChI=1S/C14H9F3IN5/c1-8-4-10(9-2-3-11(19-5-9)14(15,16)17)22-13(21-8)23-6-12(18)20-7-23/h2-7H,1H3. The highest BCUT2D eigenvalue weighted by Crippen LogP contribution is 2.28. The highest BCUT2D eigenvalue weighted by atomic mass is 127. The number of halogens is 4. The summed E-state index contributed by atoms with van der Waals surface area (Å²) in [6.45, 7) is 1.79. The van der Waals surface area contributed by atoms with Crippen LogP contribution in [-0.2, 0) is 6.18 Å². The second-order valence-electron chi connectivity index (χ2n) is 4.73. The highest BCUT2D eigenvalue weighted by molar-refractivity contribution is 14.1. The molecule has 0 amide bonds. The zero-order valence-electron chi connectivity index (χ0n) is 11.7. The predicted molar refractivity (Wildman–Crippen MR) is 84.8 cm³/mol. The number of aromatic nitrogens is 5. The van der Waals surface area contributed by atoms with Gasteiger partial charge in [0.15, 0.2) is 0 Å². The molecule has 23 heavy (non-hydrogen) atoms. The molecule has 0 aromatic carbocycles. The van der Waals surface area contributed by atoms with E-state index in [0.717, 1.165) is 16.0 Å². The fourth-order valence-corrected chi connectivity index (χ4v) is 2.36. The van der Waals surface area contributed by atoms with E-state index in [4.69, 9.17) is 0 Å². The zero-order valence-corrected chi connectivity index (χ0v) is 13.9. The van der Waals surface area contributed by atoms with Crippen LogP contribution in [0.5, 0.6) is 0 Å². The molecule has 0 radical (unpaired) electrons. The van der Waals surface area contributed by atoms with Gasteiger partial charge in [0.25, 0.3) is 0 Å². The second kappa shape index (κ2) is 5.87. The minimum atomic E-state index is -4.46. The maximum Gasteiger partial charge on any atom is 0.433 e. The maximum absolute atomic E-state index is 12.6. The van der Waals surface area contributed by atoms with Crippen LogP contribution in [-0.4, -0.2) is 24.5 Å². The van der Waals surface area contributed by atoms with Gasteiger partial charge < -0.3 is 0 Å². The van der Waals surface area contributed by atoms with Crippen LogP contribution >= 0.6 is 22.6 Å². The van der Waals surface area contributed by atoms with Crippen LogP contribution in [0.2, 0.25) is 0 Å². The Balaban J connectivity index is 2.01. The number of alkyl halides is 3. The molecular formula is C14H9F3IN5. The number of hydrogen-bond donors (Lipinski definition) is 0. The molecular weight excluding hydrogens is 422 g/mol.